The van der Waals surface area contributed by atoms with Gasteiger partial charge in [0.1, 0.15) is 12.1 Å². The lowest BCUT2D eigenvalue weighted by Crippen LogP contribution is -2.41. The first-order valence-electron chi connectivity index (χ1n) is 5.43. The smallest absolute Gasteiger partial charge is 0.239 e. The zero-order valence-corrected chi connectivity index (χ0v) is 9.03. The lowest BCUT2D eigenvalue weighted by atomic mass is 10.1. The molecular weight excluding hydrogens is 208 g/mol. The van der Waals surface area contributed by atoms with E-state index in [-0.39, 0.29) is 12.5 Å². The van der Waals surface area contributed by atoms with Crippen molar-refractivity contribution in [3.63, 3.8) is 0 Å². The van der Waals surface area contributed by atoms with Crippen molar-refractivity contribution in [2.45, 2.75) is 38.1 Å². The van der Waals surface area contributed by atoms with E-state index >= 15 is 0 Å². The predicted molar refractivity (Wildman–Crippen MR) is 59.5 cm³/mol. The molecule has 1 saturated heterocycles. The minimum atomic E-state index is -0.154. The van der Waals surface area contributed by atoms with Gasteiger partial charge in [-0.1, -0.05) is 6.42 Å². The Bertz CT molecular complexity index is 324. The minimum absolute atomic E-state index is 0.154. The van der Waals surface area contributed by atoms with Crippen LogP contribution in [0.4, 0.5) is 5.95 Å². The number of aromatic amines is 1. The lowest BCUT2D eigenvalue weighted by molar-refractivity contribution is 0.464. The number of rotatable bonds is 5. The number of anilines is 1. The summed E-state index contributed by atoms with van der Waals surface area (Å²) >= 11 is 0. The van der Waals surface area contributed by atoms with E-state index in [0.29, 0.717) is 5.95 Å². The average Bonchev–Trinajstić information content (AvgIpc) is 2.83. The highest BCUT2D eigenvalue weighted by atomic mass is 15.6. The Morgan fingerprint density at radius 2 is 2.12 bits per heavy atom. The van der Waals surface area contributed by atoms with Gasteiger partial charge in [-0.25, -0.2) is 10.9 Å². The fraction of sp³-hybridized carbons (Fsp3) is 0.750. The monoisotopic (exact) mass is 226 g/mol. The van der Waals surface area contributed by atoms with Crippen molar-refractivity contribution in [3.8, 4) is 0 Å². The van der Waals surface area contributed by atoms with E-state index in [1.807, 2.05) is 0 Å². The molecule has 1 aliphatic heterocycles. The molecule has 1 aliphatic rings. The maximum atomic E-state index is 5.60. The van der Waals surface area contributed by atoms with Crippen LogP contribution < -0.4 is 27.6 Å². The number of nitrogens with zero attached hydrogens (tertiary/aromatic N) is 2. The standard InChI is InChI=1S/C8H18N8/c9-7-11-5(13-15-7)3-1-2-4-6-12-8(10)16-14-6/h5,7,11,13,15H,1-4,9H2,(H3,10,12,14,16). The largest absolute Gasteiger partial charge is 0.367 e. The maximum absolute atomic E-state index is 5.60. The second-order valence-corrected chi connectivity index (χ2v) is 3.87. The first kappa shape index (κ1) is 11.3. The molecule has 8 nitrogen and oxygen atoms in total. The number of hydrazine groups is 1. The van der Waals surface area contributed by atoms with Crippen LogP contribution in [-0.2, 0) is 6.42 Å². The van der Waals surface area contributed by atoms with Crippen molar-refractivity contribution in [2.75, 3.05) is 5.73 Å². The van der Waals surface area contributed by atoms with E-state index in [9.17, 15) is 0 Å². The number of H-pyrrole nitrogens is 1. The van der Waals surface area contributed by atoms with Gasteiger partial charge in [0.15, 0.2) is 0 Å². The summed E-state index contributed by atoms with van der Waals surface area (Å²) in [6, 6.07) is 0. The Hall–Kier alpha value is -1.22. The van der Waals surface area contributed by atoms with Gasteiger partial charge in [0.2, 0.25) is 5.95 Å². The molecule has 0 aliphatic carbocycles. The summed E-state index contributed by atoms with van der Waals surface area (Å²) < 4.78 is 0. The Balaban J connectivity index is 1.58. The number of nitrogens with one attached hydrogen (secondary N) is 4. The van der Waals surface area contributed by atoms with Crippen molar-refractivity contribution >= 4 is 5.95 Å². The van der Waals surface area contributed by atoms with E-state index in [0.717, 1.165) is 31.5 Å². The van der Waals surface area contributed by atoms with Crippen LogP contribution in [0.15, 0.2) is 0 Å². The van der Waals surface area contributed by atoms with Gasteiger partial charge in [0.25, 0.3) is 0 Å². The summed E-state index contributed by atoms with van der Waals surface area (Å²) in [5.41, 5.74) is 17.0. The molecule has 2 rings (SSSR count). The number of nitrogen functional groups attached to an aromatic ring is 1. The average molecular weight is 226 g/mol. The second-order valence-electron chi connectivity index (χ2n) is 3.87. The molecule has 8 N–H and O–H groups in total. The molecule has 1 aromatic heterocycles. The van der Waals surface area contributed by atoms with Crippen LogP contribution in [0.25, 0.3) is 0 Å². The van der Waals surface area contributed by atoms with E-state index in [2.05, 4.69) is 31.3 Å². The molecule has 0 saturated carbocycles. The number of nitrogens with two attached hydrogens (primary N) is 2. The first-order chi connectivity index (χ1) is 7.74. The first-order valence-corrected chi connectivity index (χ1v) is 5.43. The van der Waals surface area contributed by atoms with Crippen LogP contribution in [-0.4, -0.2) is 27.6 Å². The van der Waals surface area contributed by atoms with Crippen LogP contribution >= 0.6 is 0 Å². The Kier molecular flexibility index (Phi) is 3.67. The van der Waals surface area contributed by atoms with E-state index < -0.39 is 0 Å². The van der Waals surface area contributed by atoms with Gasteiger partial charge in [0, 0.05) is 6.42 Å². The van der Waals surface area contributed by atoms with Gasteiger partial charge >= 0.3 is 0 Å². The van der Waals surface area contributed by atoms with Crippen LogP contribution in [0, 0.1) is 0 Å². The third kappa shape index (κ3) is 3.14. The number of aromatic nitrogens is 3. The van der Waals surface area contributed by atoms with E-state index in [1.54, 1.807) is 0 Å². The number of hydrogen-bond donors (Lipinski definition) is 6. The molecule has 0 amide bonds. The van der Waals surface area contributed by atoms with Crippen molar-refractivity contribution in [3.05, 3.63) is 5.82 Å². The van der Waals surface area contributed by atoms with Crippen LogP contribution in [0.1, 0.15) is 25.1 Å². The number of hydrogen-bond acceptors (Lipinski definition) is 7. The molecule has 90 valence electrons. The molecule has 2 unspecified atom stereocenters. The van der Waals surface area contributed by atoms with Gasteiger partial charge in [-0.2, -0.15) is 4.98 Å². The molecule has 0 aromatic carbocycles. The van der Waals surface area contributed by atoms with Crippen molar-refractivity contribution in [2.24, 2.45) is 5.73 Å². The fourth-order valence-electron chi connectivity index (χ4n) is 1.71. The quantitative estimate of drug-likeness (QED) is 0.332. The van der Waals surface area contributed by atoms with Gasteiger partial charge < -0.3 is 11.5 Å². The van der Waals surface area contributed by atoms with Gasteiger partial charge in [-0.15, -0.1) is 5.10 Å². The predicted octanol–water partition coefficient (Wildman–Crippen LogP) is -1.63. The SMILES string of the molecule is Nc1n[nH]c(CCCCC2NNC(N)N2)n1. The number of aryl methyl sites for hydroxylation is 1. The highest BCUT2D eigenvalue weighted by Crippen LogP contribution is 2.05. The number of unbranched alkanes of at least 4 members (excludes halogenated alkanes) is 1. The molecule has 2 atom stereocenters. The summed E-state index contributed by atoms with van der Waals surface area (Å²) in [4.78, 5) is 4.04. The maximum Gasteiger partial charge on any atom is 0.239 e. The molecule has 0 bridgehead atoms. The summed E-state index contributed by atoms with van der Waals surface area (Å²) in [5.74, 6) is 1.16. The third-order valence-electron chi connectivity index (χ3n) is 2.50. The third-order valence-corrected chi connectivity index (χ3v) is 2.50. The highest BCUT2D eigenvalue weighted by Gasteiger charge is 2.17. The zero-order valence-electron chi connectivity index (χ0n) is 9.03. The molecule has 16 heavy (non-hydrogen) atoms. The summed E-state index contributed by atoms with van der Waals surface area (Å²) in [5, 5.41) is 9.72. The summed E-state index contributed by atoms with van der Waals surface area (Å²) in [6.07, 6.45) is 4.11. The molecule has 8 heteroatoms. The summed E-state index contributed by atoms with van der Waals surface area (Å²) in [6.45, 7) is 0. The topological polar surface area (TPSA) is 130 Å². The Morgan fingerprint density at radius 1 is 1.25 bits per heavy atom. The van der Waals surface area contributed by atoms with Crippen LogP contribution in [0.5, 0.6) is 0 Å². The normalized spacial score (nSPS) is 25.1. The molecule has 1 aromatic rings. The minimum Gasteiger partial charge on any atom is -0.367 e. The van der Waals surface area contributed by atoms with E-state index in [4.69, 9.17) is 11.5 Å². The van der Waals surface area contributed by atoms with E-state index in [1.165, 1.54) is 0 Å². The molecule has 2 heterocycles. The molecule has 1 fully saturated rings. The molecular formula is C8H18N8. The van der Waals surface area contributed by atoms with Crippen LogP contribution in [0.3, 0.4) is 0 Å². The Labute approximate surface area is 93.5 Å². The highest BCUT2D eigenvalue weighted by molar-refractivity contribution is 5.12. The summed E-state index contributed by atoms with van der Waals surface area (Å²) in [7, 11) is 0. The second kappa shape index (κ2) is 5.21. The molecule has 0 spiro atoms. The van der Waals surface area contributed by atoms with Gasteiger partial charge in [-0.3, -0.25) is 10.4 Å². The van der Waals surface area contributed by atoms with Gasteiger partial charge in [-0.05, 0) is 12.8 Å². The fourth-order valence-corrected chi connectivity index (χ4v) is 1.71. The van der Waals surface area contributed by atoms with Crippen molar-refractivity contribution in [1.82, 2.24) is 31.3 Å². The lowest BCUT2D eigenvalue weighted by Gasteiger charge is -2.08. The Morgan fingerprint density at radius 3 is 2.75 bits per heavy atom. The van der Waals surface area contributed by atoms with Crippen LogP contribution in [0.2, 0.25) is 0 Å². The van der Waals surface area contributed by atoms with Crippen molar-refractivity contribution < 1.29 is 0 Å². The van der Waals surface area contributed by atoms with Crippen molar-refractivity contribution in [1.29, 1.82) is 0 Å². The molecule has 0 radical (unpaired) electrons. The van der Waals surface area contributed by atoms with Gasteiger partial charge in [0.05, 0.1) is 6.17 Å². The zero-order chi connectivity index (χ0) is 11.4.